The second-order valence-electron chi connectivity index (χ2n) is 3.73. The maximum Gasteiger partial charge on any atom is 0.332 e. The van der Waals surface area contributed by atoms with Gasteiger partial charge in [0.1, 0.15) is 0 Å². The molecule has 0 saturated carbocycles. The fourth-order valence-electron chi connectivity index (χ4n) is 1.33. The molecule has 0 heterocycles. The molecule has 18 heavy (non-hydrogen) atoms. The van der Waals surface area contributed by atoms with Crippen LogP contribution in [0.4, 0.5) is 0 Å². The minimum absolute atomic E-state index is 0. The Morgan fingerprint density at radius 2 is 1.83 bits per heavy atom. The molecule has 100 valence electrons. The summed E-state index contributed by atoms with van der Waals surface area (Å²) in [5, 5.41) is 0. The SMILES string of the molecule is CCCC(=O)NOC(=O)CCc1ccccc1.Cl. The molecule has 0 bridgehead atoms. The van der Waals surface area contributed by atoms with Crippen LogP contribution in [-0.2, 0) is 20.8 Å². The van der Waals surface area contributed by atoms with Crippen LogP contribution in [0, 0.1) is 0 Å². The molecule has 0 aliphatic rings. The van der Waals surface area contributed by atoms with Crippen LogP contribution < -0.4 is 5.48 Å². The van der Waals surface area contributed by atoms with Gasteiger partial charge in [0.15, 0.2) is 0 Å². The minimum Gasteiger partial charge on any atom is -0.341 e. The van der Waals surface area contributed by atoms with Crippen LogP contribution in [0.2, 0.25) is 0 Å². The number of hydrogen-bond acceptors (Lipinski definition) is 3. The van der Waals surface area contributed by atoms with Gasteiger partial charge in [-0.3, -0.25) is 4.79 Å². The summed E-state index contributed by atoms with van der Waals surface area (Å²) in [6.07, 6.45) is 1.97. The van der Waals surface area contributed by atoms with Crippen molar-refractivity contribution in [2.45, 2.75) is 32.6 Å². The molecule has 0 aliphatic carbocycles. The van der Waals surface area contributed by atoms with Crippen LogP contribution in [0.1, 0.15) is 31.7 Å². The predicted octanol–water partition coefficient (Wildman–Crippen LogP) is 2.42. The quantitative estimate of drug-likeness (QED) is 0.837. The van der Waals surface area contributed by atoms with E-state index in [-0.39, 0.29) is 24.7 Å². The van der Waals surface area contributed by atoms with E-state index >= 15 is 0 Å². The number of carbonyl (C=O) groups is 2. The molecule has 1 aromatic rings. The molecule has 1 amide bonds. The first-order valence-corrected chi connectivity index (χ1v) is 5.74. The lowest BCUT2D eigenvalue weighted by Gasteiger charge is -2.04. The topological polar surface area (TPSA) is 55.4 Å². The fourth-order valence-corrected chi connectivity index (χ4v) is 1.33. The van der Waals surface area contributed by atoms with E-state index in [2.05, 4.69) is 10.3 Å². The summed E-state index contributed by atoms with van der Waals surface area (Å²) in [4.78, 5) is 27.0. The molecule has 0 unspecified atom stereocenters. The van der Waals surface area contributed by atoms with E-state index in [9.17, 15) is 9.59 Å². The van der Waals surface area contributed by atoms with Gasteiger partial charge in [-0.15, -0.1) is 12.4 Å². The lowest BCUT2D eigenvalue weighted by Crippen LogP contribution is -2.26. The van der Waals surface area contributed by atoms with Crippen LogP contribution in [0.5, 0.6) is 0 Å². The van der Waals surface area contributed by atoms with Gasteiger partial charge >= 0.3 is 5.97 Å². The Morgan fingerprint density at radius 3 is 2.44 bits per heavy atom. The number of nitrogens with one attached hydrogen (secondary N) is 1. The largest absolute Gasteiger partial charge is 0.341 e. The third-order valence-corrected chi connectivity index (χ3v) is 2.22. The molecule has 1 N–H and O–H groups in total. The summed E-state index contributed by atoms with van der Waals surface area (Å²) in [5.41, 5.74) is 3.20. The van der Waals surface area contributed by atoms with Crippen LogP contribution in [0.25, 0.3) is 0 Å². The van der Waals surface area contributed by atoms with Crippen molar-refractivity contribution >= 4 is 24.3 Å². The molecule has 5 heteroatoms. The zero-order chi connectivity index (χ0) is 12.5. The summed E-state index contributed by atoms with van der Waals surface area (Å²) < 4.78 is 0. The second-order valence-corrected chi connectivity index (χ2v) is 3.73. The lowest BCUT2D eigenvalue weighted by atomic mass is 10.1. The number of hydrogen-bond donors (Lipinski definition) is 1. The first-order valence-electron chi connectivity index (χ1n) is 5.74. The first-order chi connectivity index (χ1) is 8.22. The molecule has 0 saturated heterocycles. The van der Waals surface area contributed by atoms with E-state index in [1.165, 1.54) is 0 Å². The van der Waals surface area contributed by atoms with Crippen molar-refractivity contribution in [1.82, 2.24) is 5.48 Å². The predicted molar refractivity (Wildman–Crippen MR) is 71.2 cm³/mol. The molecule has 0 spiro atoms. The van der Waals surface area contributed by atoms with Crippen molar-refractivity contribution in [2.24, 2.45) is 0 Å². The maximum absolute atomic E-state index is 11.3. The highest BCUT2D eigenvalue weighted by molar-refractivity contribution is 5.85. The van der Waals surface area contributed by atoms with Crippen molar-refractivity contribution in [2.75, 3.05) is 0 Å². The van der Waals surface area contributed by atoms with E-state index < -0.39 is 5.97 Å². The third kappa shape index (κ3) is 6.91. The molecule has 0 atom stereocenters. The molecule has 0 aromatic heterocycles. The summed E-state index contributed by atoms with van der Waals surface area (Å²) in [5.74, 6) is -0.682. The number of halogens is 1. The summed E-state index contributed by atoms with van der Waals surface area (Å²) in [6, 6.07) is 9.66. The van der Waals surface area contributed by atoms with Gasteiger partial charge in [-0.05, 0) is 18.4 Å². The fraction of sp³-hybridized carbons (Fsp3) is 0.385. The number of aryl methyl sites for hydroxylation is 1. The number of carbonyl (C=O) groups excluding carboxylic acids is 2. The Labute approximate surface area is 113 Å². The smallest absolute Gasteiger partial charge is 0.332 e. The van der Waals surface area contributed by atoms with Crippen molar-refractivity contribution in [3.8, 4) is 0 Å². The number of rotatable bonds is 5. The van der Waals surface area contributed by atoms with E-state index in [0.717, 1.165) is 12.0 Å². The summed E-state index contributed by atoms with van der Waals surface area (Å²) in [6.45, 7) is 1.89. The highest BCUT2D eigenvalue weighted by Gasteiger charge is 2.06. The van der Waals surface area contributed by atoms with Crippen LogP contribution >= 0.6 is 12.4 Å². The molecule has 1 rings (SSSR count). The molecule has 0 aliphatic heterocycles. The van der Waals surface area contributed by atoms with Crippen molar-refractivity contribution in [3.63, 3.8) is 0 Å². The summed E-state index contributed by atoms with van der Waals surface area (Å²) >= 11 is 0. The number of amides is 1. The average Bonchev–Trinajstić information content (AvgIpc) is 2.35. The Morgan fingerprint density at radius 1 is 1.17 bits per heavy atom. The zero-order valence-corrected chi connectivity index (χ0v) is 11.2. The summed E-state index contributed by atoms with van der Waals surface area (Å²) in [7, 11) is 0. The van der Waals surface area contributed by atoms with Crippen molar-refractivity contribution in [3.05, 3.63) is 35.9 Å². The minimum atomic E-state index is -0.418. The van der Waals surface area contributed by atoms with Gasteiger partial charge in [0.05, 0.1) is 6.42 Å². The van der Waals surface area contributed by atoms with E-state index in [1.807, 2.05) is 37.3 Å². The molecule has 0 radical (unpaired) electrons. The van der Waals surface area contributed by atoms with Crippen molar-refractivity contribution in [1.29, 1.82) is 0 Å². The van der Waals surface area contributed by atoms with Crippen LogP contribution in [0.3, 0.4) is 0 Å². The average molecular weight is 272 g/mol. The van der Waals surface area contributed by atoms with Gasteiger partial charge < -0.3 is 4.84 Å². The lowest BCUT2D eigenvalue weighted by molar-refractivity contribution is -0.158. The molecule has 0 fully saturated rings. The highest BCUT2D eigenvalue weighted by Crippen LogP contribution is 2.02. The van der Waals surface area contributed by atoms with Gasteiger partial charge in [-0.2, -0.15) is 5.48 Å². The first kappa shape index (κ1) is 16.4. The number of benzene rings is 1. The van der Waals surface area contributed by atoms with Gasteiger partial charge in [0.25, 0.3) is 5.91 Å². The standard InChI is InChI=1S/C13H17NO3.ClH/c1-2-6-12(15)14-17-13(16)10-9-11-7-4-3-5-8-11;/h3-5,7-8H,2,6,9-10H2,1H3,(H,14,15);1H. The van der Waals surface area contributed by atoms with Gasteiger partial charge in [-0.1, -0.05) is 37.3 Å². The molecular formula is C13H18ClNO3. The highest BCUT2D eigenvalue weighted by atomic mass is 35.5. The Balaban J connectivity index is 0.00000289. The molecule has 1 aromatic carbocycles. The van der Waals surface area contributed by atoms with E-state index in [4.69, 9.17) is 0 Å². The Kier molecular flexibility index (Phi) is 8.66. The maximum atomic E-state index is 11.3. The molecule has 4 nitrogen and oxygen atoms in total. The van der Waals surface area contributed by atoms with E-state index in [0.29, 0.717) is 12.8 Å². The molecular weight excluding hydrogens is 254 g/mol. The second kappa shape index (κ2) is 9.48. The Hall–Kier alpha value is -1.55. The van der Waals surface area contributed by atoms with Crippen LogP contribution in [0.15, 0.2) is 30.3 Å². The van der Waals surface area contributed by atoms with Gasteiger partial charge in [-0.25, -0.2) is 4.79 Å². The zero-order valence-electron chi connectivity index (χ0n) is 10.3. The third-order valence-electron chi connectivity index (χ3n) is 2.22. The van der Waals surface area contributed by atoms with Gasteiger partial charge in [0.2, 0.25) is 0 Å². The van der Waals surface area contributed by atoms with Crippen molar-refractivity contribution < 1.29 is 14.4 Å². The monoisotopic (exact) mass is 271 g/mol. The van der Waals surface area contributed by atoms with Crippen LogP contribution in [-0.4, -0.2) is 11.9 Å². The Bertz CT molecular complexity index is 368. The van der Waals surface area contributed by atoms with E-state index in [1.54, 1.807) is 0 Å². The van der Waals surface area contributed by atoms with Gasteiger partial charge in [0, 0.05) is 6.42 Å². The normalized spacial score (nSPS) is 9.17. The number of hydroxylamine groups is 1.